The second-order valence-corrected chi connectivity index (χ2v) is 5.44. The summed E-state index contributed by atoms with van der Waals surface area (Å²) in [7, 11) is 0. The summed E-state index contributed by atoms with van der Waals surface area (Å²) < 4.78 is 11.1. The third-order valence-electron chi connectivity index (χ3n) is 3.82. The molecule has 0 fully saturated rings. The van der Waals surface area contributed by atoms with Gasteiger partial charge in [0.1, 0.15) is 11.3 Å². The van der Waals surface area contributed by atoms with Crippen LogP contribution in [0.1, 0.15) is 23.0 Å². The number of fused-ring (bicyclic) bond motifs is 2. The van der Waals surface area contributed by atoms with E-state index in [0.29, 0.717) is 22.6 Å². The number of para-hydroxylation sites is 1. The second kappa shape index (κ2) is 4.98. The summed E-state index contributed by atoms with van der Waals surface area (Å²) in [4.78, 5) is 24.3. The Bertz CT molecular complexity index is 908. The van der Waals surface area contributed by atoms with Crippen LogP contribution in [0.4, 0.5) is 5.69 Å². The first-order chi connectivity index (χ1) is 11.1. The van der Waals surface area contributed by atoms with Crippen LogP contribution in [0.3, 0.4) is 0 Å². The number of ketones is 1. The van der Waals surface area contributed by atoms with Crippen molar-refractivity contribution in [2.24, 2.45) is 0 Å². The Morgan fingerprint density at radius 1 is 1.13 bits per heavy atom. The predicted octanol–water partition coefficient (Wildman–Crippen LogP) is 3.38. The van der Waals surface area contributed by atoms with E-state index in [4.69, 9.17) is 9.15 Å². The van der Waals surface area contributed by atoms with Crippen molar-refractivity contribution in [1.82, 2.24) is 0 Å². The van der Waals surface area contributed by atoms with Gasteiger partial charge in [0.25, 0.3) is 5.91 Å². The average molecular weight is 307 g/mol. The molecule has 23 heavy (non-hydrogen) atoms. The quantitative estimate of drug-likeness (QED) is 0.737. The van der Waals surface area contributed by atoms with E-state index in [1.54, 1.807) is 31.2 Å². The van der Waals surface area contributed by atoms with E-state index in [2.05, 4.69) is 5.32 Å². The number of carbonyl (C=O) groups excluding carboxylic acids is 2. The summed E-state index contributed by atoms with van der Waals surface area (Å²) in [6, 6.07) is 14.1. The van der Waals surface area contributed by atoms with E-state index in [1.165, 1.54) is 0 Å². The van der Waals surface area contributed by atoms with E-state index < -0.39 is 6.10 Å². The standard InChI is InChI=1S/C18H13NO4/c1-10-18(21)19-13-8-12(6-7-15(13)22-10)17(20)16-9-11-4-2-3-5-14(11)23-16/h2-10H,1H3,(H,19,21)/t10-/m1/s1. The van der Waals surface area contributed by atoms with Crippen LogP contribution in [0.5, 0.6) is 5.75 Å². The van der Waals surface area contributed by atoms with Crippen molar-refractivity contribution in [1.29, 1.82) is 0 Å². The fraction of sp³-hybridized carbons (Fsp3) is 0.111. The van der Waals surface area contributed by atoms with E-state index in [1.807, 2.05) is 24.3 Å². The number of nitrogens with one attached hydrogen (secondary N) is 1. The van der Waals surface area contributed by atoms with Crippen molar-refractivity contribution in [2.45, 2.75) is 13.0 Å². The van der Waals surface area contributed by atoms with Crippen molar-refractivity contribution in [2.75, 3.05) is 5.32 Å². The molecule has 2 aromatic carbocycles. The Morgan fingerprint density at radius 2 is 1.96 bits per heavy atom. The normalized spacial score (nSPS) is 16.6. The molecule has 1 atom stereocenters. The number of carbonyl (C=O) groups is 2. The molecule has 5 heteroatoms. The Balaban J connectivity index is 1.71. The molecule has 0 saturated carbocycles. The van der Waals surface area contributed by atoms with Gasteiger partial charge in [0.15, 0.2) is 11.9 Å². The fourth-order valence-corrected chi connectivity index (χ4v) is 2.59. The van der Waals surface area contributed by atoms with Crippen LogP contribution in [0, 0.1) is 0 Å². The highest BCUT2D eigenvalue weighted by molar-refractivity contribution is 6.10. The third kappa shape index (κ3) is 2.26. The first kappa shape index (κ1) is 13.6. The van der Waals surface area contributed by atoms with Gasteiger partial charge < -0.3 is 14.5 Å². The lowest BCUT2D eigenvalue weighted by molar-refractivity contribution is -0.122. The predicted molar refractivity (Wildman–Crippen MR) is 84.8 cm³/mol. The zero-order chi connectivity index (χ0) is 16.0. The molecule has 1 aromatic heterocycles. The Morgan fingerprint density at radius 3 is 2.78 bits per heavy atom. The molecule has 3 aromatic rings. The highest BCUT2D eigenvalue weighted by Crippen LogP contribution is 2.31. The minimum Gasteiger partial charge on any atom is -0.479 e. The van der Waals surface area contributed by atoms with Crippen molar-refractivity contribution < 1.29 is 18.7 Å². The molecule has 0 bridgehead atoms. The van der Waals surface area contributed by atoms with Crippen molar-refractivity contribution >= 4 is 28.3 Å². The van der Waals surface area contributed by atoms with E-state index >= 15 is 0 Å². The summed E-state index contributed by atoms with van der Waals surface area (Å²) in [5.74, 6) is 0.350. The van der Waals surface area contributed by atoms with Gasteiger partial charge in [-0.15, -0.1) is 0 Å². The van der Waals surface area contributed by atoms with Gasteiger partial charge in [-0.05, 0) is 37.3 Å². The fourth-order valence-electron chi connectivity index (χ4n) is 2.59. The van der Waals surface area contributed by atoms with Gasteiger partial charge in [0, 0.05) is 10.9 Å². The maximum atomic E-state index is 12.6. The Labute approximate surface area is 131 Å². The lowest BCUT2D eigenvalue weighted by Crippen LogP contribution is -2.34. The SMILES string of the molecule is C[C@H]1Oc2ccc(C(=O)c3cc4ccccc4o3)cc2NC1=O. The monoisotopic (exact) mass is 307 g/mol. The molecule has 5 nitrogen and oxygen atoms in total. The van der Waals surface area contributed by atoms with E-state index in [0.717, 1.165) is 5.39 Å². The summed E-state index contributed by atoms with van der Waals surface area (Å²) in [5.41, 5.74) is 1.59. The molecule has 0 radical (unpaired) electrons. The lowest BCUT2D eigenvalue weighted by Gasteiger charge is -2.23. The highest BCUT2D eigenvalue weighted by Gasteiger charge is 2.25. The van der Waals surface area contributed by atoms with E-state index in [-0.39, 0.29) is 17.5 Å². The molecule has 0 saturated heterocycles. The number of ether oxygens (including phenoxy) is 1. The minimum absolute atomic E-state index is 0.231. The number of furan rings is 1. The zero-order valence-electron chi connectivity index (χ0n) is 12.3. The van der Waals surface area contributed by atoms with Crippen LogP contribution >= 0.6 is 0 Å². The van der Waals surface area contributed by atoms with Gasteiger partial charge in [-0.3, -0.25) is 9.59 Å². The van der Waals surface area contributed by atoms with Crippen LogP contribution in [0.15, 0.2) is 52.9 Å². The zero-order valence-corrected chi connectivity index (χ0v) is 12.3. The summed E-state index contributed by atoms with van der Waals surface area (Å²) in [6.07, 6.45) is -0.542. The van der Waals surface area contributed by atoms with Gasteiger partial charge >= 0.3 is 0 Å². The van der Waals surface area contributed by atoms with E-state index in [9.17, 15) is 9.59 Å². The van der Waals surface area contributed by atoms with Crippen LogP contribution < -0.4 is 10.1 Å². The van der Waals surface area contributed by atoms with Crippen LogP contribution in [0.25, 0.3) is 11.0 Å². The first-order valence-corrected chi connectivity index (χ1v) is 7.27. The molecule has 1 amide bonds. The number of anilines is 1. The van der Waals surface area contributed by atoms with Crippen LogP contribution in [-0.4, -0.2) is 17.8 Å². The molecule has 0 unspecified atom stereocenters. The molecule has 2 heterocycles. The number of hydrogen-bond donors (Lipinski definition) is 1. The number of amides is 1. The molecular formula is C18H13NO4. The first-order valence-electron chi connectivity index (χ1n) is 7.27. The van der Waals surface area contributed by atoms with Gasteiger partial charge in [-0.2, -0.15) is 0 Å². The van der Waals surface area contributed by atoms with Crippen molar-refractivity contribution in [3.8, 4) is 5.75 Å². The lowest BCUT2D eigenvalue weighted by atomic mass is 10.1. The number of hydrogen-bond acceptors (Lipinski definition) is 4. The topological polar surface area (TPSA) is 68.5 Å². The van der Waals surface area contributed by atoms with Gasteiger partial charge in [-0.25, -0.2) is 0 Å². The smallest absolute Gasteiger partial charge is 0.265 e. The maximum Gasteiger partial charge on any atom is 0.265 e. The highest BCUT2D eigenvalue weighted by atomic mass is 16.5. The van der Waals surface area contributed by atoms with Crippen molar-refractivity contribution in [3.63, 3.8) is 0 Å². The summed E-state index contributed by atoms with van der Waals surface area (Å²) in [6.45, 7) is 1.67. The molecule has 114 valence electrons. The van der Waals surface area contributed by atoms with Crippen molar-refractivity contribution in [3.05, 3.63) is 59.9 Å². The second-order valence-electron chi connectivity index (χ2n) is 5.44. The van der Waals surface area contributed by atoms with Gasteiger partial charge in [0.05, 0.1) is 5.69 Å². The maximum absolute atomic E-state index is 12.6. The number of benzene rings is 2. The Kier molecular flexibility index (Phi) is 2.94. The summed E-state index contributed by atoms with van der Waals surface area (Å²) in [5, 5.41) is 3.61. The molecule has 1 aliphatic heterocycles. The molecule has 0 spiro atoms. The molecule has 4 rings (SSSR count). The molecule has 1 N–H and O–H groups in total. The Hall–Kier alpha value is -3.08. The number of rotatable bonds is 2. The minimum atomic E-state index is -0.542. The molecule has 1 aliphatic rings. The molecular weight excluding hydrogens is 294 g/mol. The van der Waals surface area contributed by atoms with Gasteiger partial charge in [0.2, 0.25) is 5.78 Å². The largest absolute Gasteiger partial charge is 0.479 e. The van der Waals surface area contributed by atoms with Crippen LogP contribution in [0.2, 0.25) is 0 Å². The third-order valence-corrected chi connectivity index (χ3v) is 3.82. The van der Waals surface area contributed by atoms with Crippen LogP contribution in [-0.2, 0) is 4.79 Å². The average Bonchev–Trinajstić information content (AvgIpc) is 2.99. The van der Waals surface area contributed by atoms with Gasteiger partial charge in [-0.1, -0.05) is 18.2 Å². The summed E-state index contributed by atoms with van der Waals surface area (Å²) >= 11 is 0. The molecule has 0 aliphatic carbocycles.